The number of ether oxygens (including phenoxy) is 2. The molecular formula is C27H24N4O7S. The number of azo groups is 1. The number of phenolic OH excluding ortho intramolecular Hbond substituents is 2. The van der Waals surface area contributed by atoms with E-state index in [2.05, 4.69) is 15.4 Å². The van der Waals surface area contributed by atoms with Crippen molar-refractivity contribution >= 4 is 45.7 Å². The van der Waals surface area contributed by atoms with Crippen LogP contribution < -0.4 is 14.6 Å². The molecule has 0 aliphatic heterocycles. The second-order valence-electron chi connectivity index (χ2n) is 8.05. The molecule has 0 aliphatic carbocycles. The van der Waals surface area contributed by atoms with Crippen molar-refractivity contribution in [1.29, 1.82) is 0 Å². The molecule has 4 aromatic rings. The van der Waals surface area contributed by atoms with Crippen LogP contribution in [0.25, 0.3) is 24.3 Å². The van der Waals surface area contributed by atoms with Crippen molar-refractivity contribution in [2.45, 2.75) is 4.90 Å². The molecule has 0 atom stereocenters. The molecule has 3 aromatic carbocycles. The Kier molecular flexibility index (Phi) is 8.08. The zero-order valence-corrected chi connectivity index (χ0v) is 21.7. The Hall–Kier alpha value is -4.94. The van der Waals surface area contributed by atoms with Gasteiger partial charge in [0, 0.05) is 0 Å². The summed E-state index contributed by atoms with van der Waals surface area (Å²) in [6.07, 6.45) is 6.76. The van der Waals surface area contributed by atoms with Gasteiger partial charge >= 0.3 is 0 Å². The van der Waals surface area contributed by atoms with Crippen molar-refractivity contribution in [3.8, 4) is 23.0 Å². The number of aromatic hydroxyl groups is 2. The van der Waals surface area contributed by atoms with E-state index < -0.39 is 10.0 Å². The monoisotopic (exact) mass is 548 g/mol. The molecule has 0 saturated carbocycles. The molecule has 11 nitrogen and oxygen atoms in total. The molecule has 0 unspecified atom stereocenters. The Bertz CT molecular complexity index is 1590. The van der Waals surface area contributed by atoms with Gasteiger partial charge in [-0.1, -0.05) is 29.4 Å². The van der Waals surface area contributed by atoms with Gasteiger partial charge in [0.2, 0.25) is 10.0 Å². The topological polar surface area (TPSA) is 170 Å². The van der Waals surface area contributed by atoms with Gasteiger partial charge in [-0.15, -0.1) is 5.11 Å². The highest BCUT2D eigenvalue weighted by molar-refractivity contribution is 7.89. The van der Waals surface area contributed by atoms with Crippen LogP contribution in [0.1, 0.15) is 22.6 Å². The van der Waals surface area contributed by atoms with Gasteiger partial charge in [-0.3, -0.25) is 0 Å². The number of benzene rings is 3. The first kappa shape index (κ1) is 27.1. The van der Waals surface area contributed by atoms with Gasteiger partial charge in [0.25, 0.3) is 0 Å². The van der Waals surface area contributed by atoms with Gasteiger partial charge < -0.3 is 24.2 Å². The molecule has 12 heteroatoms. The van der Waals surface area contributed by atoms with Crippen LogP contribution in [0.4, 0.5) is 11.4 Å². The molecule has 1 aromatic heterocycles. The molecule has 0 spiro atoms. The second kappa shape index (κ2) is 11.6. The van der Waals surface area contributed by atoms with E-state index in [1.165, 1.54) is 50.6 Å². The molecular weight excluding hydrogens is 524 g/mol. The number of methoxy groups -OCH3 is 2. The van der Waals surface area contributed by atoms with Crippen LogP contribution in [-0.2, 0) is 10.0 Å². The third-order valence-electron chi connectivity index (χ3n) is 5.42. The van der Waals surface area contributed by atoms with E-state index in [-0.39, 0.29) is 22.2 Å². The summed E-state index contributed by atoms with van der Waals surface area (Å²) in [7, 11) is -0.930. The summed E-state index contributed by atoms with van der Waals surface area (Å²) < 4.78 is 38.9. The molecule has 0 amide bonds. The third-order valence-corrected chi connectivity index (χ3v) is 6.35. The van der Waals surface area contributed by atoms with Gasteiger partial charge in [0.15, 0.2) is 34.4 Å². The summed E-state index contributed by atoms with van der Waals surface area (Å²) in [6.45, 7) is 0. The fourth-order valence-electron chi connectivity index (χ4n) is 3.38. The Morgan fingerprint density at radius 3 is 1.92 bits per heavy atom. The van der Waals surface area contributed by atoms with E-state index in [9.17, 15) is 18.6 Å². The zero-order valence-electron chi connectivity index (χ0n) is 20.8. The van der Waals surface area contributed by atoms with Crippen LogP contribution in [0.15, 0.2) is 80.3 Å². The van der Waals surface area contributed by atoms with Gasteiger partial charge in [-0.25, -0.2) is 13.6 Å². The molecule has 0 saturated heterocycles. The highest BCUT2D eigenvalue weighted by atomic mass is 32.2. The maximum atomic E-state index is 11.5. The van der Waals surface area contributed by atoms with E-state index in [0.29, 0.717) is 28.6 Å². The number of aromatic nitrogens is 1. The van der Waals surface area contributed by atoms with Crippen molar-refractivity contribution in [2.24, 2.45) is 15.4 Å². The minimum Gasteiger partial charge on any atom is -0.504 e. The number of hydrogen-bond acceptors (Lipinski definition) is 10. The molecule has 1 heterocycles. The van der Waals surface area contributed by atoms with Gasteiger partial charge in [-0.2, -0.15) is 5.11 Å². The van der Waals surface area contributed by atoms with Crippen molar-refractivity contribution < 1.29 is 32.6 Å². The Labute approximate surface area is 224 Å². The third kappa shape index (κ3) is 6.69. The summed E-state index contributed by atoms with van der Waals surface area (Å²) in [6, 6.07) is 15.3. The summed E-state index contributed by atoms with van der Waals surface area (Å²) in [5, 5.41) is 37.4. The average Bonchev–Trinajstić information content (AvgIpc) is 3.32. The molecule has 0 aliphatic rings. The normalized spacial score (nSPS) is 12.1. The lowest BCUT2D eigenvalue weighted by molar-refractivity contribution is 0.373. The van der Waals surface area contributed by atoms with E-state index in [1.54, 1.807) is 48.6 Å². The number of hydrogen-bond donors (Lipinski definition) is 3. The highest BCUT2D eigenvalue weighted by Crippen LogP contribution is 2.32. The maximum absolute atomic E-state index is 11.5. The minimum absolute atomic E-state index is 0.00976. The number of nitrogens with two attached hydrogens (primary N) is 1. The molecule has 4 rings (SSSR count). The lowest BCUT2D eigenvalue weighted by atomic mass is 10.1. The first-order valence-electron chi connectivity index (χ1n) is 11.3. The fraction of sp³-hybridized carbons (Fsp3) is 0.0741. The van der Waals surface area contributed by atoms with Crippen molar-refractivity contribution in [3.63, 3.8) is 0 Å². The molecule has 0 radical (unpaired) electrons. The smallest absolute Gasteiger partial charge is 0.238 e. The second-order valence-corrected chi connectivity index (χ2v) is 9.61. The molecule has 0 fully saturated rings. The van der Waals surface area contributed by atoms with Crippen LogP contribution in [-0.4, -0.2) is 38.0 Å². The van der Waals surface area contributed by atoms with E-state index in [0.717, 1.165) is 11.1 Å². The van der Waals surface area contributed by atoms with Gasteiger partial charge in [0.05, 0.1) is 24.8 Å². The fourth-order valence-corrected chi connectivity index (χ4v) is 3.90. The van der Waals surface area contributed by atoms with E-state index >= 15 is 0 Å². The van der Waals surface area contributed by atoms with Crippen LogP contribution in [0.5, 0.6) is 23.0 Å². The predicted molar refractivity (Wildman–Crippen MR) is 146 cm³/mol. The molecule has 200 valence electrons. The quantitative estimate of drug-likeness (QED) is 0.230. The first-order chi connectivity index (χ1) is 18.7. The average molecular weight is 549 g/mol. The Morgan fingerprint density at radius 2 is 1.38 bits per heavy atom. The summed E-state index contributed by atoms with van der Waals surface area (Å²) >= 11 is 0. The van der Waals surface area contributed by atoms with Crippen LogP contribution in [0, 0.1) is 0 Å². The van der Waals surface area contributed by atoms with E-state index in [1.807, 2.05) is 0 Å². The number of primary sulfonamides is 1. The summed E-state index contributed by atoms with van der Waals surface area (Å²) in [5.41, 5.74) is 2.47. The van der Waals surface area contributed by atoms with Gasteiger partial charge in [0.1, 0.15) is 5.69 Å². The Morgan fingerprint density at radius 1 is 0.821 bits per heavy atom. The molecule has 0 bridgehead atoms. The molecule has 39 heavy (non-hydrogen) atoms. The highest BCUT2D eigenvalue weighted by Gasteiger charge is 2.13. The van der Waals surface area contributed by atoms with Crippen LogP contribution in [0.3, 0.4) is 0 Å². The number of sulfonamides is 1. The van der Waals surface area contributed by atoms with Crippen molar-refractivity contribution in [2.75, 3.05) is 14.2 Å². The van der Waals surface area contributed by atoms with Crippen LogP contribution in [0.2, 0.25) is 0 Å². The largest absolute Gasteiger partial charge is 0.504 e. The number of rotatable bonds is 9. The Balaban J connectivity index is 1.70. The van der Waals surface area contributed by atoms with Gasteiger partial charge in [-0.05, 0) is 71.8 Å². The van der Waals surface area contributed by atoms with Crippen molar-refractivity contribution in [3.05, 3.63) is 83.2 Å². The maximum Gasteiger partial charge on any atom is 0.238 e. The SMILES string of the molecule is COc1cc(/C=C/c2noc(/C=C/c3ccc(O)c(OC)c3)c2N=Nc2ccc(S(N)(=O)=O)cc2)ccc1O. The zero-order chi connectivity index (χ0) is 28.0. The lowest BCUT2D eigenvalue weighted by Crippen LogP contribution is -2.11. The standard InChI is InChI=1S/C27H24N4O7S/c1-36-25-15-17(4-12-22(25)32)3-11-21-27(30-29-19-7-9-20(10-8-19)39(28,34)35)24(38-31-21)14-6-18-5-13-23(33)26(16-18)37-2/h3-16,32-33H,1-2H3,(H2,28,34,35)/b11-3+,14-6+,30-29?. The van der Waals surface area contributed by atoms with Crippen LogP contribution >= 0.6 is 0 Å². The first-order valence-corrected chi connectivity index (χ1v) is 12.9. The number of nitrogens with zero attached hydrogens (tertiary/aromatic N) is 3. The lowest BCUT2D eigenvalue weighted by Gasteiger charge is -2.03. The minimum atomic E-state index is -3.84. The summed E-state index contributed by atoms with van der Waals surface area (Å²) in [4.78, 5) is -0.0488. The summed E-state index contributed by atoms with van der Waals surface area (Å²) in [5.74, 6) is 0.932. The molecule has 4 N–H and O–H groups in total. The number of phenols is 2. The van der Waals surface area contributed by atoms with E-state index in [4.69, 9.17) is 19.1 Å². The van der Waals surface area contributed by atoms with Crippen molar-refractivity contribution in [1.82, 2.24) is 5.16 Å². The predicted octanol–water partition coefficient (Wildman–Crippen LogP) is 5.51.